The van der Waals surface area contributed by atoms with Crippen molar-refractivity contribution < 1.29 is 13.2 Å². The Bertz CT molecular complexity index is 467. The molecule has 1 aromatic carbocycles. The zero-order valence-corrected chi connectivity index (χ0v) is 12.4. The van der Waals surface area contributed by atoms with E-state index in [0.29, 0.717) is 11.6 Å². The predicted octanol–water partition coefficient (Wildman–Crippen LogP) is 3.83. The van der Waals surface area contributed by atoms with Crippen LogP contribution in [0.2, 0.25) is 0 Å². The molecule has 0 atom stereocenters. The molecular formula is C16H23F3N2. The minimum absolute atomic E-state index is 0.225. The third-order valence-corrected chi connectivity index (χ3v) is 3.85. The number of halogens is 3. The molecule has 1 aliphatic carbocycles. The van der Waals surface area contributed by atoms with Crippen LogP contribution in [0.15, 0.2) is 18.2 Å². The van der Waals surface area contributed by atoms with Gasteiger partial charge in [0.05, 0.1) is 5.56 Å². The lowest BCUT2D eigenvalue weighted by molar-refractivity contribution is -0.138. The lowest BCUT2D eigenvalue weighted by Crippen LogP contribution is -2.27. The zero-order valence-electron chi connectivity index (χ0n) is 12.4. The Balaban J connectivity index is 2.29. The topological polar surface area (TPSA) is 29.3 Å². The molecule has 0 saturated heterocycles. The van der Waals surface area contributed by atoms with Crippen molar-refractivity contribution in [2.45, 2.75) is 38.8 Å². The standard InChI is InChI=1S/C16H23F3N2/c1-2-9-21(11-12-3-4-12)14-6-5-13(7-8-20)15(10-14)16(17,18)19/h5-6,10,12H,2-4,7-9,11,20H2,1H3. The van der Waals surface area contributed by atoms with Crippen molar-refractivity contribution in [2.75, 3.05) is 24.5 Å². The van der Waals surface area contributed by atoms with Crippen LogP contribution < -0.4 is 10.6 Å². The number of hydrogen-bond donors (Lipinski definition) is 1. The highest BCUT2D eigenvalue weighted by atomic mass is 19.4. The van der Waals surface area contributed by atoms with Gasteiger partial charge in [-0.3, -0.25) is 0 Å². The molecule has 2 rings (SSSR count). The van der Waals surface area contributed by atoms with E-state index < -0.39 is 11.7 Å². The van der Waals surface area contributed by atoms with Gasteiger partial charge in [-0.1, -0.05) is 13.0 Å². The van der Waals surface area contributed by atoms with Crippen molar-refractivity contribution in [3.8, 4) is 0 Å². The second-order valence-corrected chi connectivity index (χ2v) is 5.77. The fourth-order valence-electron chi connectivity index (χ4n) is 2.61. The fraction of sp³-hybridized carbons (Fsp3) is 0.625. The van der Waals surface area contributed by atoms with E-state index in [9.17, 15) is 13.2 Å². The molecule has 0 aliphatic heterocycles. The Morgan fingerprint density at radius 2 is 2.00 bits per heavy atom. The monoisotopic (exact) mass is 300 g/mol. The summed E-state index contributed by atoms with van der Waals surface area (Å²) < 4.78 is 39.6. The molecule has 2 N–H and O–H groups in total. The molecule has 21 heavy (non-hydrogen) atoms. The first-order chi connectivity index (χ1) is 9.95. The Morgan fingerprint density at radius 1 is 1.29 bits per heavy atom. The van der Waals surface area contributed by atoms with Crippen molar-refractivity contribution in [3.63, 3.8) is 0 Å². The highest BCUT2D eigenvalue weighted by Gasteiger charge is 2.34. The molecule has 1 aliphatic rings. The van der Waals surface area contributed by atoms with Crippen LogP contribution in [-0.4, -0.2) is 19.6 Å². The van der Waals surface area contributed by atoms with Crippen LogP contribution in [0, 0.1) is 5.92 Å². The quantitative estimate of drug-likeness (QED) is 0.829. The molecule has 0 bridgehead atoms. The molecule has 0 spiro atoms. The van der Waals surface area contributed by atoms with Gasteiger partial charge in [0, 0.05) is 18.8 Å². The summed E-state index contributed by atoms with van der Waals surface area (Å²) in [6, 6.07) is 4.68. The summed E-state index contributed by atoms with van der Waals surface area (Å²) >= 11 is 0. The lowest BCUT2D eigenvalue weighted by Gasteiger charge is -2.26. The van der Waals surface area contributed by atoms with E-state index in [0.717, 1.165) is 19.5 Å². The van der Waals surface area contributed by atoms with Crippen molar-refractivity contribution in [1.82, 2.24) is 0 Å². The Morgan fingerprint density at radius 3 is 2.52 bits per heavy atom. The van der Waals surface area contributed by atoms with Crippen LogP contribution in [0.25, 0.3) is 0 Å². The highest BCUT2D eigenvalue weighted by molar-refractivity contribution is 5.52. The Hall–Kier alpha value is -1.23. The van der Waals surface area contributed by atoms with E-state index in [1.807, 2.05) is 6.92 Å². The average molecular weight is 300 g/mol. The van der Waals surface area contributed by atoms with E-state index in [-0.39, 0.29) is 18.5 Å². The lowest BCUT2D eigenvalue weighted by atomic mass is 10.0. The van der Waals surface area contributed by atoms with Crippen molar-refractivity contribution in [2.24, 2.45) is 11.7 Å². The second-order valence-electron chi connectivity index (χ2n) is 5.77. The molecule has 5 heteroatoms. The van der Waals surface area contributed by atoms with Crippen molar-refractivity contribution in [1.29, 1.82) is 0 Å². The molecular weight excluding hydrogens is 277 g/mol. The SMILES string of the molecule is CCCN(CC1CC1)c1ccc(CCN)c(C(F)(F)F)c1. The Kier molecular flexibility index (Phi) is 5.14. The summed E-state index contributed by atoms with van der Waals surface area (Å²) in [6.45, 7) is 3.93. The number of benzene rings is 1. The van der Waals surface area contributed by atoms with Gasteiger partial charge in [-0.2, -0.15) is 13.2 Å². The summed E-state index contributed by atoms with van der Waals surface area (Å²) in [5.41, 5.74) is 5.84. The van der Waals surface area contributed by atoms with Crippen molar-refractivity contribution >= 4 is 5.69 Å². The molecule has 0 amide bonds. The van der Waals surface area contributed by atoms with E-state index in [1.165, 1.54) is 18.9 Å². The number of rotatable bonds is 7. The van der Waals surface area contributed by atoms with E-state index >= 15 is 0 Å². The van der Waals surface area contributed by atoms with Gasteiger partial charge < -0.3 is 10.6 Å². The number of anilines is 1. The molecule has 0 unspecified atom stereocenters. The minimum atomic E-state index is -4.32. The van der Waals surface area contributed by atoms with Gasteiger partial charge in [0.2, 0.25) is 0 Å². The number of alkyl halides is 3. The van der Waals surface area contributed by atoms with Crippen LogP contribution in [0.5, 0.6) is 0 Å². The molecule has 2 nitrogen and oxygen atoms in total. The summed E-state index contributed by atoms with van der Waals surface area (Å²) in [4.78, 5) is 2.08. The smallest absolute Gasteiger partial charge is 0.371 e. The molecule has 0 radical (unpaired) electrons. The normalized spacial score (nSPS) is 15.3. The summed E-state index contributed by atoms with van der Waals surface area (Å²) in [7, 11) is 0. The van der Waals surface area contributed by atoms with Crippen molar-refractivity contribution in [3.05, 3.63) is 29.3 Å². The first kappa shape index (κ1) is 16.1. The van der Waals surface area contributed by atoms with Gasteiger partial charge in [0.1, 0.15) is 0 Å². The van der Waals surface area contributed by atoms with Crippen LogP contribution in [-0.2, 0) is 12.6 Å². The third-order valence-electron chi connectivity index (χ3n) is 3.85. The van der Waals surface area contributed by atoms with Gasteiger partial charge in [-0.05, 0) is 55.8 Å². The zero-order chi connectivity index (χ0) is 15.5. The van der Waals surface area contributed by atoms with Crippen LogP contribution in [0.4, 0.5) is 18.9 Å². The average Bonchev–Trinajstić information content (AvgIpc) is 3.22. The largest absolute Gasteiger partial charge is 0.416 e. The van der Waals surface area contributed by atoms with Crippen LogP contribution in [0.1, 0.15) is 37.3 Å². The van der Waals surface area contributed by atoms with E-state index in [2.05, 4.69) is 4.90 Å². The first-order valence-corrected chi connectivity index (χ1v) is 7.60. The predicted molar refractivity (Wildman–Crippen MR) is 79.4 cm³/mol. The molecule has 0 heterocycles. The summed E-state index contributed by atoms with van der Waals surface area (Å²) in [5.74, 6) is 0.648. The second kappa shape index (κ2) is 6.69. The third kappa shape index (κ3) is 4.37. The van der Waals surface area contributed by atoms with Gasteiger partial charge in [0.15, 0.2) is 0 Å². The van der Waals surface area contributed by atoms with Gasteiger partial charge >= 0.3 is 6.18 Å². The van der Waals surface area contributed by atoms with Crippen LogP contribution in [0.3, 0.4) is 0 Å². The summed E-state index contributed by atoms with van der Waals surface area (Å²) in [6.07, 6.45) is -0.753. The summed E-state index contributed by atoms with van der Waals surface area (Å²) in [5, 5.41) is 0. The molecule has 1 aromatic rings. The first-order valence-electron chi connectivity index (χ1n) is 7.60. The van der Waals surface area contributed by atoms with Gasteiger partial charge in [0.25, 0.3) is 0 Å². The van der Waals surface area contributed by atoms with E-state index in [4.69, 9.17) is 5.73 Å². The molecule has 0 aromatic heterocycles. The van der Waals surface area contributed by atoms with Gasteiger partial charge in [-0.15, -0.1) is 0 Å². The number of hydrogen-bond acceptors (Lipinski definition) is 2. The number of nitrogens with zero attached hydrogens (tertiary/aromatic N) is 1. The molecule has 1 fully saturated rings. The van der Waals surface area contributed by atoms with Crippen LogP contribution >= 0.6 is 0 Å². The molecule has 118 valence electrons. The maximum Gasteiger partial charge on any atom is 0.416 e. The minimum Gasteiger partial charge on any atom is -0.371 e. The molecule has 1 saturated carbocycles. The number of nitrogens with two attached hydrogens (primary N) is 1. The van der Waals surface area contributed by atoms with Gasteiger partial charge in [-0.25, -0.2) is 0 Å². The van der Waals surface area contributed by atoms with E-state index in [1.54, 1.807) is 12.1 Å². The maximum absolute atomic E-state index is 13.2. The maximum atomic E-state index is 13.2. The highest BCUT2D eigenvalue weighted by Crippen LogP contribution is 2.36. The fourth-order valence-corrected chi connectivity index (χ4v) is 2.61. The Labute approximate surface area is 124 Å².